The molecule has 38 heavy (non-hydrogen) atoms. The smallest absolute Gasteiger partial charge is 0.281 e. The van der Waals surface area contributed by atoms with Crippen molar-refractivity contribution in [2.24, 2.45) is 4.99 Å². The molecule has 1 fully saturated rings. The van der Waals surface area contributed by atoms with E-state index < -0.39 is 10.0 Å². The second-order valence-corrected chi connectivity index (χ2v) is 12.0. The zero-order chi connectivity index (χ0) is 25.3. The lowest BCUT2D eigenvalue weighted by molar-refractivity contribution is 0.00320. The van der Waals surface area contributed by atoms with Crippen molar-refractivity contribution in [2.45, 2.75) is 16.4 Å². The van der Waals surface area contributed by atoms with Crippen molar-refractivity contribution >= 4 is 68.2 Å². The predicted molar refractivity (Wildman–Crippen MR) is 155 cm³/mol. The van der Waals surface area contributed by atoms with Crippen molar-refractivity contribution in [3.05, 3.63) is 48.3 Å². The molecule has 10 nitrogen and oxygen atoms in total. The van der Waals surface area contributed by atoms with Gasteiger partial charge < -0.3 is 19.6 Å². The minimum absolute atomic E-state index is 0. The molecule has 0 spiro atoms. The number of halogens is 2. The third-order valence-electron chi connectivity index (χ3n) is 6.19. The highest BCUT2D eigenvalue weighted by molar-refractivity contribution is 8.15. The molecule has 0 radical (unpaired) electrons. The molecule has 1 unspecified atom stereocenters. The maximum absolute atomic E-state index is 13.4. The summed E-state index contributed by atoms with van der Waals surface area (Å²) in [6.45, 7) is 3.76. The highest BCUT2D eigenvalue weighted by Gasteiger charge is 2.31. The SMILES string of the molecule is COCCOc1cc(N(C)S(=O)(=O)c2ccccn2)c2[nH]c(C3=NCC(CN4CC(O)C4)S3)cc2c1.Cl.Cl. The number of methoxy groups -OCH3 is 1. The maximum atomic E-state index is 13.4. The van der Waals surface area contributed by atoms with Crippen LogP contribution in [0.1, 0.15) is 5.69 Å². The summed E-state index contributed by atoms with van der Waals surface area (Å²) in [5.74, 6) is 0.540. The van der Waals surface area contributed by atoms with Gasteiger partial charge in [0.05, 0.1) is 36.2 Å². The van der Waals surface area contributed by atoms with Crippen molar-refractivity contribution in [1.82, 2.24) is 14.9 Å². The van der Waals surface area contributed by atoms with E-state index in [1.807, 2.05) is 12.1 Å². The first-order chi connectivity index (χ1) is 17.3. The van der Waals surface area contributed by atoms with Crippen LogP contribution in [-0.4, -0.2) is 98.3 Å². The van der Waals surface area contributed by atoms with E-state index >= 15 is 0 Å². The van der Waals surface area contributed by atoms with Gasteiger partial charge in [0.15, 0.2) is 5.03 Å². The highest BCUT2D eigenvalue weighted by Crippen LogP contribution is 2.36. The standard InChI is InChI=1S/C24H29N5O5S2.2ClH/c1-28(36(31,32)22-5-3-4-6-25-22)21-11-18(34-8-7-33-2)9-16-10-20(27-23(16)21)24-26-12-19(35-24)15-29-13-17(30)14-29;;/h3-6,9-11,17,19,27,30H,7-8,12-15H2,1-2H3;2*1H. The molecule has 2 aromatic heterocycles. The first kappa shape index (κ1) is 30.5. The topological polar surface area (TPSA) is 120 Å². The summed E-state index contributed by atoms with van der Waals surface area (Å²) in [5.41, 5.74) is 1.95. The molecule has 4 heterocycles. The molecule has 2 aliphatic heterocycles. The number of pyridine rings is 1. The quantitative estimate of drug-likeness (QED) is 0.339. The Morgan fingerprint density at radius 2 is 2.00 bits per heavy atom. The molecular formula is C24H31Cl2N5O5S2. The van der Waals surface area contributed by atoms with Crippen LogP contribution in [0.25, 0.3) is 10.9 Å². The number of aromatic nitrogens is 2. The Balaban J connectivity index is 0.00000200. The largest absolute Gasteiger partial charge is 0.491 e. The van der Waals surface area contributed by atoms with Crippen LogP contribution in [0.2, 0.25) is 0 Å². The Morgan fingerprint density at radius 1 is 1.21 bits per heavy atom. The van der Waals surface area contributed by atoms with Crippen molar-refractivity contribution in [2.75, 3.05) is 57.9 Å². The Kier molecular flexibility index (Phi) is 10.3. The number of nitrogens with one attached hydrogen (secondary N) is 1. The molecule has 1 aromatic carbocycles. The van der Waals surface area contributed by atoms with E-state index in [0.29, 0.717) is 55.1 Å². The molecule has 0 bridgehead atoms. The lowest BCUT2D eigenvalue weighted by atomic mass is 10.1. The monoisotopic (exact) mass is 603 g/mol. The fraction of sp³-hybridized carbons (Fsp3) is 0.417. The number of aliphatic hydroxyl groups is 1. The fourth-order valence-electron chi connectivity index (χ4n) is 4.30. The average Bonchev–Trinajstić information content (AvgIpc) is 3.50. The molecule has 2 N–H and O–H groups in total. The number of likely N-dealkylation sites (tertiary alicyclic amines) is 1. The Morgan fingerprint density at radius 3 is 2.68 bits per heavy atom. The average molecular weight is 605 g/mol. The van der Waals surface area contributed by atoms with Gasteiger partial charge in [0.2, 0.25) is 0 Å². The van der Waals surface area contributed by atoms with E-state index in [0.717, 1.165) is 22.7 Å². The number of hydrogen-bond acceptors (Lipinski definition) is 9. The Bertz CT molecular complexity index is 1370. The van der Waals surface area contributed by atoms with Gasteiger partial charge in [-0.2, -0.15) is 8.42 Å². The number of H-pyrrole nitrogens is 1. The predicted octanol–water partition coefficient (Wildman–Crippen LogP) is 2.80. The third kappa shape index (κ3) is 6.39. The number of rotatable bonds is 10. The number of benzene rings is 1. The maximum Gasteiger partial charge on any atom is 0.281 e. The van der Waals surface area contributed by atoms with Crippen LogP contribution in [0.5, 0.6) is 5.75 Å². The summed E-state index contributed by atoms with van der Waals surface area (Å²) in [6, 6.07) is 10.4. The van der Waals surface area contributed by atoms with Crippen LogP contribution < -0.4 is 9.04 Å². The van der Waals surface area contributed by atoms with Crippen LogP contribution in [0.3, 0.4) is 0 Å². The van der Waals surface area contributed by atoms with E-state index in [2.05, 4.69) is 14.9 Å². The normalized spacial score (nSPS) is 17.9. The lowest BCUT2D eigenvalue weighted by Crippen LogP contribution is -2.52. The highest BCUT2D eigenvalue weighted by atomic mass is 35.5. The Hall–Kier alpha value is -2.06. The molecule has 0 saturated carbocycles. The summed E-state index contributed by atoms with van der Waals surface area (Å²) in [5, 5.41) is 11.5. The third-order valence-corrected chi connectivity index (χ3v) is 9.08. The van der Waals surface area contributed by atoms with Crippen molar-refractivity contribution in [3.63, 3.8) is 0 Å². The zero-order valence-electron chi connectivity index (χ0n) is 20.9. The first-order valence-electron chi connectivity index (χ1n) is 11.7. The van der Waals surface area contributed by atoms with Gasteiger partial charge in [0.25, 0.3) is 10.0 Å². The number of ether oxygens (including phenoxy) is 2. The van der Waals surface area contributed by atoms with Gasteiger partial charge in [-0.25, -0.2) is 4.98 Å². The summed E-state index contributed by atoms with van der Waals surface area (Å²) >= 11 is 1.70. The minimum Gasteiger partial charge on any atom is -0.491 e. The number of aliphatic hydroxyl groups excluding tert-OH is 1. The molecular weight excluding hydrogens is 573 g/mol. The molecule has 0 aliphatic carbocycles. The number of sulfonamides is 1. The molecule has 14 heteroatoms. The second-order valence-electron chi connectivity index (χ2n) is 8.83. The molecule has 3 aromatic rings. The van der Waals surface area contributed by atoms with Gasteiger partial charge >= 0.3 is 0 Å². The number of hydrogen-bond donors (Lipinski definition) is 2. The summed E-state index contributed by atoms with van der Waals surface area (Å²) in [6.07, 6.45) is 1.24. The molecule has 208 valence electrons. The van der Waals surface area contributed by atoms with Crippen LogP contribution in [0, 0.1) is 0 Å². The van der Waals surface area contributed by atoms with E-state index in [1.54, 1.807) is 37.1 Å². The van der Waals surface area contributed by atoms with Gasteiger partial charge in [-0.3, -0.25) is 14.2 Å². The summed E-state index contributed by atoms with van der Waals surface area (Å²) in [7, 11) is -0.788. The van der Waals surface area contributed by atoms with Crippen LogP contribution in [0.15, 0.2) is 52.6 Å². The van der Waals surface area contributed by atoms with Gasteiger partial charge in [0, 0.05) is 56.7 Å². The number of β-amino-alcohol motifs (C(OH)–C–C–N with tert-alkyl or cyclic N) is 1. The number of fused-ring (bicyclic) bond motifs is 1. The van der Waals surface area contributed by atoms with E-state index in [-0.39, 0.29) is 35.9 Å². The number of thioether (sulfide) groups is 1. The van der Waals surface area contributed by atoms with Gasteiger partial charge in [-0.05, 0) is 24.3 Å². The summed E-state index contributed by atoms with van der Waals surface area (Å²) < 4.78 is 38.9. The van der Waals surface area contributed by atoms with Crippen LogP contribution in [-0.2, 0) is 14.8 Å². The molecule has 1 saturated heterocycles. The van der Waals surface area contributed by atoms with Crippen molar-refractivity contribution in [3.8, 4) is 5.75 Å². The summed E-state index contributed by atoms with van der Waals surface area (Å²) in [4.78, 5) is 14.4. The van der Waals surface area contributed by atoms with Gasteiger partial charge in [0.1, 0.15) is 17.4 Å². The van der Waals surface area contributed by atoms with E-state index in [9.17, 15) is 13.5 Å². The van der Waals surface area contributed by atoms with E-state index in [4.69, 9.17) is 14.5 Å². The number of anilines is 1. The van der Waals surface area contributed by atoms with Crippen LogP contribution in [0.4, 0.5) is 5.69 Å². The van der Waals surface area contributed by atoms with Gasteiger partial charge in [-0.1, -0.05) is 17.8 Å². The fourth-order valence-corrected chi connectivity index (χ4v) is 6.56. The zero-order valence-corrected chi connectivity index (χ0v) is 24.2. The van der Waals surface area contributed by atoms with E-state index in [1.165, 1.54) is 23.6 Å². The molecule has 5 rings (SSSR count). The number of aromatic amines is 1. The van der Waals surface area contributed by atoms with Gasteiger partial charge in [-0.15, -0.1) is 24.8 Å². The first-order valence-corrected chi connectivity index (χ1v) is 14.0. The molecule has 0 amide bonds. The van der Waals surface area contributed by atoms with Crippen molar-refractivity contribution in [1.29, 1.82) is 0 Å². The molecule has 2 aliphatic rings. The number of nitrogens with zero attached hydrogens (tertiary/aromatic N) is 4. The second kappa shape index (κ2) is 12.9. The Labute approximate surface area is 238 Å². The van der Waals surface area contributed by atoms with Crippen LogP contribution >= 0.6 is 36.6 Å². The lowest BCUT2D eigenvalue weighted by Gasteiger charge is -2.37. The number of aliphatic imine (C=N–C) groups is 1. The minimum atomic E-state index is -3.90. The van der Waals surface area contributed by atoms with Crippen molar-refractivity contribution < 1.29 is 23.0 Å². The molecule has 1 atom stereocenters.